The molecule has 2 saturated carbocycles. The Kier molecular flexibility index (Phi) is 5.10. The van der Waals surface area contributed by atoms with Crippen molar-refractivity contribution < 1.29 is 8.78 Å². The van der Waals surface area contributed by atoms with E-state index in [9.17, 15) is 14.0 Å². The van der Waals surface area contributed by atoms with Crippen molar-refractivity contribution in [2.75, 3.05) is 0 Å². The Hall–Kier alpha value is -1.89. The summed E-state index contributed by atoms with van der Waals surface area (Å²) >= 11 is 0. The minimum atomic E-state index is -2.66. The van der Waals surface area contributed by atoms with Crippen LogP contribution in [0.3, 0.4) is 0 Å². The van der Waals surface area contributed by atoms with Gasteiger partial charge >= 0.3 is 0 Å². The zero-order chi connectivity index (χ0) is 18.9. The van der Waals surface area contributed by atoms with Crippen LogP contribution in [0.15, 0.2) is 24.8 Å². The third kappa shape index (κ3) is 4.26. The van der Waals surface area contributed by atoms with Gasteiger partial charge < -0.3 is 5.32 Å². The van der Waals surface area contributed by atoms with E-state index >= 15 is 0 Å². The van der Waals surface area contributed by atoms with E-state index < -0.39 is 5.92 Å². The molecule has 1 atom stereocenters. The van der Waals surface area contributed by atoms with Crippen molar-refractivity contribution in [3.8, 4) is 6.07 Å². The summed E-state index contributed by atoms with van der Waals surface area (Å²) in [6.07, 6.45) is 5.76. The lowest BCUT2D eigenvalue weighted by Crippen LogP contribution is -2.45. The summed E-state index contributed by atoms with van der Waals surface area (Å²) in [7, 11) is 0. The van der Waals surface area contributed by atoms with Crippen molar-refractivity contribution in [1.82, 2.24) is 5.32 Å². The third-order valence-electron chi connectivity index (χ3n) is 5.98. The van der Waals surface area contributed by atoms with E-state index in [1.807, 2.05) is 12.1 Å². The van der Waals surface area contributed by atoms with Gasteiger partial charge in [0.25, 0.3) is 0 Å². The molecule has 2 aliphatic rings. The number of hydrogen-bond acceptors (Lipinski definition) is 2. The number of nitrogens with one attached hydrogen (secondary N) is 1. The first-order valence-electron chi connectivity index (χ1n) is 9.58. The molecule has 1 unspecified atom stereocenters. The fourth-order valence-corrected chi connectivity index (χ4v) is 3.80. The van der Waals surface area contributed by atoms with E-state index in [0.717, 1.165) is 50.2 Å². The van der Waals surface area contributed by atoms with Crippen molar-refractivity contribution in [1.29, 1.82) is 5.26 Å². The molecule has 1 aromatic rings. The molecular formula is C22H28F2N2. The van der Waals surface area contributed by atoms with Crippen molar-refractivity contribution >= 4 is 5.70 Å². The standard InChI is InChI=1S/C22H28F2N2/c1-15(26-20(14-25)21(2)10-4-11-21)17-7-8-19(16-5-6-16)18(13-17)9-12-22(3,23)24/h7-8,13,16,20,26H,1,4-6,9-12H2,2-3H3. The third-order valence-corrected chi connectivity index (χ3v) is 5.98. The van der Waals surface area contributed by atoms with Crippen molar-refractivity contribution in [2.24, 2.45) is 5.41 Å². The molecule has 0 heterocycles. The second-order valence-electron chi connectivity index (χ2n) is 8.45. The summed E-state index contributed by atoms with van der Waals surface area (Å²) in [5.41, 5.74) is 3.80. The fraction of sp³-hybridized carbons (Fsp3) is 0.591. The molecule has 0 radical (unpaired) electrons. The maximum Gasteiger partial charge on any atom is 0.245 e. The highest BCUT2D eigenvalue weighted by molar-refractivity contribution is 5.64. The second kappa shape index (κ2) is 7.02. The Morgan fingerprint density at radius 1 is 1.42 bits per heavy atom. The highest BCUT2D eigenvalue weighted by atomic mass is 19.3. The number of nitrogens with zero attached hydrogens (tertiary/aromatic N) is 1. The van der Waals surface area contributed by atoms with Gasteiger partial charge in [0.15, 0.2) is 0 Å². The van der Waals surface area contributed by atoms with Crippen LogP contribution in [-0.2, 0) is 6.42 Å². The molecule has 26 heavy (non-hydrogen) atoms. The lowest BCUT2D eigenvalue weighted by atomic mass is 9.66. The molecule has 2 fully saturated rings. The topological polar surface area (TPSA) is 35.8 Å². The lowest BCUT2D eigenvalue weighted by Gasteiger charge is -2.42. The van der Waals surface area contributed by atoms with Gasteiger partial charge in [0.05, 0.1) is 6.07 Å². The molecule has 0 spiro atoms. The van der Waals surface area contributed by atoms with Gasteiger partial charge in [-0.3, -0.25) is 0 Å². The molecule has 4 heteroatoms. The molecule has 2 aliphatic carbocycles. The summed E-state index contributed by atoms with van der Waals surface area (Å²) in [6.45, 7) is 7.23. The number of alkyl halides is 2. The first-order chi connectivity index (χ1) is 12.2. The normalized spacial score (nSPS) is 20.0. The molecule has 1 N–H and O–H groups in total. The number of rotatable bonds is 8. The average Bonchev–Trinajstić information content (AvgIpc) is 3.39. The van der Waals surface area contributed by atoms with Crippen LogP contribution < -0.4 is 5.32 Å². The number of hydrogen-bond donors (Lipinski definition) is 1. The molecule has 0 bridgehead atoms. The first kappa shape index (κ1) is 18.9. The van der Waals surface area contributed by atoms with Crippen LogP contribution >= 0.6 is 0 Å². The summed E-state index contributed by atoms with van der Waals surface area (Å²) in [4.78, 5) is 0. The Morgan fingerprint density at radius 3 is 2.62 bits per heavy atom. The molecule has 0 saturated heterocycles. The molecular weight excluding hydrogens is 330 g/mol. The molecule has 3 rings (SSSR count). The van der Waals surface area contributed by atoms with Gasteiger partial charge in [0.1, 0.15) is 6.04 Å². The van der Waals surface area contributed by atoms with E-state index in [-0.39, 0.29) is 17.9 Å². The van der Waals surface area contributed by atoms with E-state index in [1.165, 1.54) is 5.56 Å². The summed E-state index contributed by atoms with van der Waals surface area (Å²) < 4.78 is 26.7. The molecule has 140 valence electrons. The zero-order valence-electron chi connectivity index (χ0n) is 15.7. The molecule has 2 nitrogen and oxygen atoms in total. The van der Waals surface area contributed by atoms with E-state index in [0.29, 0.717) is 18.0 Å². The van der Waals surface area contributed by atoms with Gasteiger partial charge in [-0.25, -0.2) is 8.78 Å². The van der Waals surface area contributed by atoms with Crippen LogP contribution in [0.1, 0.15) is 75.0 Å². The Balaban J connectivity index is 1.76. The van der Waals surface area contributed by atoms with Crippen LogP contribution in [0.2, 0.25) is 0 Å². The second-order valence-corrected chi connectivity index (χ2v) is 8.45. The van der Waals surface area contributed by atoms with Crippen molar-refractivity contribution in [3.05, 3.63) is 41.5 Å². The number of halogens is 2. The van der Waals surface area contributed by atoms with Gasteiger partial charge in [-0.1, -0.05) is 32.1 Å². The average molecular weight is 358 g/mol. The summed E-state index contributed by atoms with van der Waals surface area (Å²) in [6, 6.07) is 8.17. The first-order valence-corrected chi connectivity index (χ1v) is 9.58. The highest BCUT2D eigenvalue weighted by Gasteiger charge is 2.40. The highest BCUT2D eigenvalue weighted by Crippen LogP contribution is 2.44. The van der Waals surface area contributed by atoms with Crippen LogP contribution in [0.5, 0.6) is 0 Å². The maximum absolute atomic E-state index is 13.3. The monoisotopic (exact) mass is 358 g/mol. The largest absolute Gasteiger partial charge is 0.369 e. The zero-order valence-corrected chi connectivity index (χ0v) is 15.7. The number of nitriles is 1. The Labute approximate surface area is 155 Å². The smallest absolute Gasteiger partial charge is 0.245 e. The van der Waals surface area contributed by atoms with Gasteiger partial charge in [-0.15, -0.1) is 0 Å². The van der Waals surface area contributed by atoms with Gasteiger partial charge in [-0.05, 0) is 67.7 Å². The predicted molar refractivity (Wildman–Crippen MR) is 101 cm³/mol. The predicted octanol–water partition coefficient (Wildman–Crippen LogP) is 5.79. The van der Waals surface area contributed by atoms with Crippen molar-refractivity contribution in [2.45, 2.75) is 76.7 Å². The van der Waals surface area contributed by atoms with Crippen LogP contribution in [0.4, 0.5) is 8.78 Å². The minimum absolute atomic E-state index is 0.00125. The molecule has 1 aromatic carbocycles. The quantitative estimate of drug-likeness (QED) is 0.638. The summed E-state index contributed by atoms with van der Waals surface area (Å²) in [5, 5.41) is 12.8. The van der Waals surface area contributed by atoms with Crippen LogP contribution in [0.25, 0.3) is 5.70 Å². The van der Waals surface area contributed by atoms with Crippen molar-refractivity contribution in [3.63, 3.8) is 0 Å². The van der Waals surface area contributed by atoms with Crippen LogP contribution in [-0.4, -0.2) is 12.0 Å². The number of benzene rings is 1. The van der Waals surface area contributed by atoms with Gasteiger partial charge in [0.2, 0.25) is 5.92 Å². The van der Waals surface area contributed by atoms with Crippen LogP contribution in [0, 0.1) is 16.7 Å². The summed E-state index contributed by atoms with van der Waals surface area (Å²) in [5.74, 6) is -2.14. The Morgan fingerprint density at radius 2 is 2.12 bits per heavy atom. The maximum atomic E-state index is 13.3. The molecule has 0 aromatic heterocycles. The number of aryl methyl sites for hydroxylation is 1. The van der Waals surface area contributed by atoms with E-state index in [1.54, 1.807) is 0 Å². The van der Waals surface area contributed by atoms with E-state index in [4.69, 9.17) is 0 Å². The molecule has 0 aliphatic heterocycles. The molecule has 0 amide bonds. The minimum Gasteiger partial charge on any atom is -0.369 e. The lowest BCUT2D eigenvalue weighted by molar-refractivity contribution is 0.0132. The Bertz CT molecular complexity index is 719. The fourth-order valence-electron chi connectivity index (χ4n) is 3.80. The van der Waals surface area contributed by atoms with Gasteiger partial charge in [0, 0.05) is 17.5 Å². The SMILES string of the molecule is C=C(NC(C#N)C1(C)CCC1)c1ccc(C2CC2)c(CCC(C)(F)F)c1. The van der Waals surface area contributed by atoms with Gasteiger partial charge in [-0.2, -0.15) is 5.26 Å². The van der Waals surface area contributed by atoms with E-state index in [2.05, 4.69) is 31.0 Å².